The summed E-state index contributed by atoms with van der Waals surface area (Å²) >= 11 is 6.32. The Morgan fingerprint density at radius 3 is 2.12 bits per heavy atom. The van der Waals surface area contributed by atoms with Gasteiger partial charge in [0, 0.05) is 23.3 Å². The van der Waals surface area contributed by atoms with Crippen LogP contribution in [0.4, 0.5) is 0 Å². The van der Waals surface area contributed by atoms with Crippen LogP contribution < -0.4 is 5.32 Å². The number of hydrogen-bond donors (Lipinski definition) is 1. The summed E-state index contributed by atoms with van der Waals surface area (Å²) in [6, 6.07) is 2.09. The highest BCUT2D eigenvalue weighted by Gasteiger charge is 2.14. The molecule has 0 aliphatic rings. The van der Waals surface area contributed by atoms with Gasteiger partial charge in [-0.05, 0) is 69.1 Å². The zero-order chi connectivity index (χ0) is 20.7. The maximum Gasteiger partial charge on any atom is 0.0447 e. The van der Waals surface area contributed by atoms with E-state index in [1.165, 1.54) is 48.2 Å². The van der Waals surface area contributed by atoms with Crippen LogP contribution >= 0.6 is 11.6 Å². The zero-order valence-corrected chi connectivity index (χ0v) is 19.6. The van der Waals surface area contributed by atoms with Crippen molar-refractivity contribution < 1.29 is 0 Å². The molecule has 0 aliphatic heterocycles. The average Bonchev–Trinajstić information content (AvgIpc) is 2.68. The van der Waals surface area contributed by atoms with Gasteiger partial charge < -0.3 is 10.2 Å². The highest BCUT2D eigenvalue weighted by atomic mass is 35.5. The summed E-state index contributed by atoms with van der Waals surface area (Å²) in [5.74, 6) is 0. The van der Waals surface area contributed by atoms with Gasteiger partial charge in [0.15, 0.2) is 0 Å². The highest BCUT2D eigenvalue weighted by Crippen LogP contribution is 2.30. The second-order valence-corrected chi connectivity index (χ2v) is 6.59. The Morgan fingerprint density at radius 1 is 1.15 bits per heavy atom. The van der Waals surface area contributed by atoms with E-state index in [2.05, 4.69) is 64.5 Å². The van der Waals surface area contributed by atoms with E-state index in [-0.39, 0.29) is 0 Å². The molecular weight excluding hydrogens is 340 g/mol. The number of hydrogen-bond acceptors (Lipinski definition) is 2. The second-order valence-electron chi connectivity index (χ2n) is 6.18. The maximum atomic E-state index is 6.32. The SMILES string of the molecule is C=C(NC)c1c(C)c(CC)cc(Cl)c1CC.CC.CCCCN(C)CC. The van der Waals surface area contributed by atoms with Gasteiger partial charge in [-0.2, -0.15) is 0 Å². The molecule has 2 nitrogen and oxygen atoms in total. The molecule has 0 fully saturated rings. The number of nitrogens with zero attached hydrogens (tertiary/aromatic N) is 1. The van der Waals surface area contributed by atoms with Crippen LogP contribution in [0, 0.1) is 6.92 Å². The van der Waals surface area contributed by atoms with Gasteiger partial charge in [0.05, 0.1) is 0 Å². The van der Waals surface area contributed by atoms with Crippen molar-refractivity contribution >= 4 is 17.3 Å². The van der Waals surface area contributed by atoms with Gasteiger partial charge in [-0.1, -0.05) is 66.1 Å². The van der Waals surface area contributed by atoms with E-state index >= 15 is 0 Å². The van der Waals surface area contributed by atoms with Crippen molar-refractivity contribution in [3.05, 3.63) is 39.9 Å². The van der Waals surface area contributed by atoms with Crippen molar-refractivity contribution in [2.45, 2.75) is 74.1 Å². The normalized spacial score (nSPS) is 9.81. The number of unbranched alkanes of at least 4 members (excludes halogenated alkanes) is 1. The number of halogens is 1. The summed E-state index contributed by atoms with van der Waals surface area (Å²) < 4.78 is 0. The van der Waals surface area contributed by atoms with Crippen LogP contribution in [-0.2, 0) is 12.8 Å². The molecule has 0 saturated heterocycles. The molecule has 0 amide bonds. The van der Waals surface area contributed by atoms with Gasteiger partial charge in [0.25, 0.3) is 0 Å². The molecule has 0 heterocycles. The van der Waals surface area contributed by atoms with Crippen molar-refractivity contribution in [1.82, 2.24) is 10.2 Å². The molecular formula is C23H43ClN2. The lowest BCUT2D eigenvalue weighted by Gasteiger charge is -2.18. The smallest absolute Gasteiger partial charge is 0.0447 e. The van der Waals surface area contributed by atoms with E-state index in [9.17, 15) is 0 Å². The zero-order valence-electron chi connectivity index (χ0n) is 18.9. The highest BCUT2D eigenvalue weighted by molar-refractivity contribution is 6.31. The Kier molecular flexibility index (Phi) is 17.0. The number of nitrogens with one attached hydrogen (secondary N) is 1. The van der Waals surface area contributed by atoms with Crippen LogP contribution in [0.5, 0.6) is 0 Å². The number of aryl methyl sites for hydroxylation is 1. The predicted octanol–water partition coefficient (Wildman–Crippen LogP) is 6.73. The lowest BCUT2D eigenvalue weighted by Crippen LogP contribution is -2.18. The van der Waals surface area contributed by atoms with Crippen molar-refractivity contribution in [2.24, 2.45) is 0 Å². The first-order valence-electron chi connectivity index (χ1n) is 10.2. The topological polar surface area (TPSA) is 15.3 Å². The van der Waals surface area contributed by atoms with Crippen molar-refractivity contribution in [2.75, 3.05) is 27.2 Å². The summed E-state index contributed by atoms with van der Waals surface area (Å²) in [7, 11) is 4.06. The van der Waals surface area contributed by atoms with Crippen molar-refractivity contribution in [3.8, 4) is 0 Å². The molecule has 0 bridgehead atoms. The molecule has 0 radical (unpaired) electrons. The molecule has 0 aromatic heterocycles. The fraction of sp³-hybridized carbons (Fsp3) is 0.652. The predicted molar refractivity (Wildman–Crippen MR) is 122 cm³/mol. The quantitative estimate of drug-likeness (QED) is 0.536. The van der Waals surface area contributed by atoms with Crippen LogP contribution in [0.1, 0.15) is 76.6 Å². The molecule has 0 unspecified atom stereocenters. The van der Waals surface area contributed by atoms with Crippen LogP contribution in [0.3, 0.4) is 0 Å². The molecule has 0 spiro atoms. The second kappa shape index (κ2) is 16.2. The monoisotopic (exact) mass is 382 g/mol. The summed E-state index contributed by atoms with van der Waals surface area (Å²) in [5.41, 5.74) is 5.92. The van der Waals surface area contributed by atoms with Crippen LogP contribution in [0.15, 0.2) is 12.6 Å². The van der Waals surface area contributed by atoms with E-state index in [4.69, 9.17) is 11.6 Å². The van der Waals surface area contributed by atoms with Gasteiger partial charge in [0.1, 0.15) is 0 Å². The maximum absolute atomic E-state index is 6.32. The lowest BCUT2D eigenvalue weighted by atomic mass is 9.92. The minimum atomic E-state index is 0.858. The van der Waals surface area contributed by atoms with Gasteiger partial charge in [-0.15, -0.1) is 0 Å². The average molecular weight is 383 g/mol. The molecule has 3 heteroatoms. The van der Waals surface area contributed by atoms with Gasteiger partial charge >= 0.3 is 0 Å². The van der Waals surface area contributed by atoms with Crippen molar-refractivity contribution in [3.63, 3.8) is 0 Å². The fourth-order valence-electron chi connectivity index (χ4n) is 2.69. The third kappa shape index (κ3) is 9.09. The van der Waals surface area contributed by atoms with Gasteiger partial charge in [-0.3, -0.25) is 0 Å². The van der Waals surface area contributed by atoms with Crippen molar-refractivity contribution in [1.29, 1.82) is 0 Å². The Morgan fingerprint density at radius 2 is 1.73 bits per heavy atom. The molecule has 1 aromatic carbocycles. The largest absolute Gasteiger partial charge is 0.388 e. The first kappa shape index (κ1) is 27.2. The Balaban J connectivity index is 0. The van der Waals surface area contributed by atoms with Gasteiger partial charge in [0.2, 0.25) is 0 Å². The molecule has 152 valence electrons. The lowest BCUT2D eigenvalue weighted by molar-refractivity contribution is 0.346. The summed E-state index contributed by atoms with van der Waals surface area (Å²) in [6.45, 7) is 21.3. The summed E-state index contributed by atoms with van der Waals surface area (Å²) in [5, 5.41) is 3.98. The standard InChI is InChI=1S/C14H20ClN.C7H17N.C2H6/c1-6-11-8-13(15)12(7-2)14(9(11)3)10(4)16-5;1-4-6-7-8(3)5-2;1-2/h8,16H,4,6-7H2,1-3,5H3;4-7H2,1-3H3;1-2H3. The minimum Gasteiger partial charge on any atom is -0.388 e. The molecule has 1 rings (SSSR count). The molecule has 1 N–H and O–H groups in total. The van der Waals surface area contributed by atoms with E-state index in [0.29, 0.717) is 0 Å². The number of rotatable bonds is 8. The first-order valence-corrected chi connectivity index (χ1v) is 10.6. The third-order valence-electron chi connectivity index (χ3n) is 4.52. The van der Waals surface area contributed by atoms with E-state index < -0.39 is 0 Å². The molecule has 0 atom stereocenters. The molecule has 0 aliphatic carbocycles. The van der Waals surface area contributed by atoms with E-state index in [1.54, 1.807) is 0 Å². The Hall–Kier alpha value is -0.990. The van der Waals surface area contributed by atoms with Crippen LogP contribution in [-0.4, -0.2) is 32.1 Å². The third-order valence-corrected chi connectivity index (χ3v) is 4.86. The van der Waals surface area contributed by atoms with Crippen LogP contribution in [0.2, 0.25) is 5.02 Å². The minimum absolute atomic E-state index is 0.858. The molecule has 0 saturated carbocycles. The van der Waals surface area contributed by atoms with E-state index in [0.717, 1.165) is 23.6 Å². The van der Waals surface area contributed by atoms with E-state index in [1.807, 2.05) is 20.9 Å². The van der Waals surface area contributed by atoms with Gasteiger partial charge in [-0.25, -0.2) is 0 Å². The molecule has 26 heavy (non-hydrogen) atoms. The Bertz CT molecular complexity index is 509. The Labute approximate surface area is 169 Å². The first-order chi connectivity index (χ1) is 12.4. The number of benzene rings is 1. The molecule has 1 aromatic rings. The summed E-state index contributed by atoms with van der Waals surface area (Å²) in [6.07, 6.45) is 4.58. The van der Waals surface area contributed by atoms with Crippen LogP contribution in [0.25, 0.3) is 5.70 Å². The summed E-state index contributed by atoms with van der Waals surface area (Å²) in [4.78, 5) is 2.34. The fourth-order valence-corrected chi connectivity index (χ4v) is 3.05.